The molecule has 1 heterocycles. The fourth-order valence-electron chi connectivity index (χ4n) is 1.55. The van der Waals surface area contributed by atoms with Crippen molar-refractivity contribution >= 4 is 16.8 Å². The standard InChI is InChI=1S/C13H14N2/c1-10(14)5-6-11-3-2-4-12-9-15-8-7-13(11)12/h2-10H,14H2,1H3/b6-5+. The summed E-state index contributed by atoms with van der Waals surface area (Å²) in [6.45, 7) is 1.96. The van der Waals surface area contributed by atoms with Crippen LogP contribution in [-0.4, -0.2) is 11.0 Å². The van der Waals surface area contributed by atoms with Crippen LogP contribution in [0.1, 0.15) is 12.5 Å². The molecule has 1 aromatic carbocycles. The van der Waals surface area contributed by atoms with Gasteiger partial charge >= 0.3 is 0 Å². The Hall–Kier alpha value is -1.67. The summed E-state index contributed by atoms with van der Waals surface area (Å²) in [6.07, 6.45) is 7.74. The molecule has 2 nitrogen and oxygen atoms in total. The molecule has 0 radical (unpaired) electrons. The second-order valence-electron chi connectivity index (χ2n) is 3.66. The Morgan fingerprint density at radius 2 is 2.20 bits per heavy atom. The fourth-order valence-corrected chi connectivity index (χ4v) is 1.55. The molecule has 0 fully saturated rings. The number of aromatic nitrogens is 1. The Labute approximate surface area is 89.4 Å². The molecule has 2 aromatic rings. The predicted molar refractivity (Wildman–Crippen MR) is 64.4 cm³/mol. The van der Waals surface area contributed by atoms with Crippen molar-refractivity contribution in [2.45, 2.75) is 13.0 Å². The summed E-state index contributed by atoms with van der Waals surface area (Å²) >= 11 is 0. The summed E-state index contributed by atoms with van der Waals surface area (Å²) in [4.78, 5) is 4.10. The zero-order valence-electron chi connectivity index (χ0n) is 8.72. The van der Waals surface area contributed by atoms with Gasteiger partial charge in [-0.15, -0.1) is 0 Å². The Bertz CT molecular complexity index is 481. The molecule has 0 aliphatic carbocycles. The van der Waals surface area contributed by atoms with Crippen molar-refractivity contribution in [3.8, 4) is 0 Å². The van der Waals surface area contributed by atoms with E-state index in [2.05, 4.69) is 23.2 Å². The Morgan fingerprint density at radius 1 is 1.33 bits per heavy atom. The number of pyridine rings is 1. The monoisotopic (exact) mass is 198 g/mol. The van der Waals surface area contributed by atoms with Crippen molar-refractivity contribution in [2.24, 2.45) is 5.73 Å². The first-order valence-corrected chi connectivity index (χ1v) is 5.04. The normalized spacial score (nSPS) is 13.5. The molecule has 0 aliphatic rings. The lowest BCUT2D eigenvalue weighted by Gasteiger charge is -2.01. The van der Waals surface area contributed by atoms with E-state index in [1.54, 1.807) is 0 Å². The van der Waals surface area contributed by atoms with Gasteiger partial charge in [-0.05, 0) is 23.9 Å². The molecule has 0 saturated heterocycles. The van der Waals surface area contributed by atoms with Gasteiger partial charge in [-0.3, -0.25) is 4.98 Å². The number of rotatable bonds is 2. The van der Waals surface area contributed by atoms with E-state index in [9.17, 15) is 0 Å². The summed E-state index contributed by atoms with van der Waals surface area (Å²) in [6, 6.07) is 8.29. The zero-order chi connectivity index (χ0) is 10.7. The molecule has 2 heteroatoms. The maximum Gasteiger partial charge on any atom is 0.0346 e. The average Bonchev–Trinajstić information content (AvgIpc) is 2.26. The van der Waals surface area contributed by atoms with Gasteiger partial charge in [0.2, 0.25) is 0 Å². The molecular formula is C13H14N2. The van der Waals surface area contributed by atoms with Crippen LogP contribution >= 0.6 is 0 Å². The minimum absolute atomic E-state index is 0.0853. The Balaban J connectivity index is 2.51. The maximum absolute atomic E-state index is 5.69. The number of nitrogens with zero attached hydrogens (tertiary/aromatic N) is 1. The first-order valence-electron chi connectivity index (χ1n) is 5.04. The van der Waals surface area contributed by atoms with Gasteiger partial charge in [0.05, 0.1) is 0 Å². The summed E-state index contributed by atoms with van der Waals surface area (Å²) in [5.74, 6) is 0. The van der Waals surface area contributed by atoms with Crippen molar-refractivity contribution < 1.29 is 0 Å². The van der Waals surface area contributed by atoms with Crippen LogP contribution in [0.3, 0.4) is 0 Å². The van der Waals surface area contributed by atoms with Gasteiger partial charge < -0.3 is 5.73 Å². The molecule has 1 unspecified atom stereocenters. The van der Waals surface area contributed by atoms with Crippen molar-refractivity contribution in [2.75, 3.05) is 0 Å². The highest BCUT2D eigenvalue weighted by Gasteiger charge is 1.96. The van der Waals surface area contributed by atoms with E-state index in [1.807, 2.05) is 37.5 Å². The van der Waals surface area contributed by atoms with Gasteiger partial charge in [-0.25, -0.2) is 0 Å². The van der Waals surface area contributed by atoms with Gasteiger partial charge in [0.15, 0.2) is 0 Å². The molecule has 0 saturated carbocycles. The van der Waals surface area contributed by atoms with Gasteiger partial charge in [0, 0.05) is 23.8 Å². The van der Waals surface area contributed by atoms with Gasteiger partial charge in [0.25, 0.3) is 0 Å². The van der Waals surface area contributed by atoms with Crippen molar-refractivity contribution in [3.05, 3.63) is 48.3 Å². The third-order valence-corrected chi connectivity index (χ3v) is 2.29. The highest BCUT2D eigenvalue weighted by molar-refractivity contribution is 5.89. The molecule has 0 bridgehead atoms. The summed E-state index contributed by atoms with van der Waals surface area (Å²) in [5, 5.41) is 2.37. The number of fused-ring (bicyclic) bond motifs is 1. The fraction of sp³-hybridized carbons (Fsp3) is 0.154. The van der Waals surface area contributed by atoms with E-state index in [-0.39, 0.29) is 6.04 Å². The maximum atomic E-state index is 5.69. The largest absolute Gasteiger partial charge is 0.325 e. The number of hydrogen-bond acceptors (Lipinski definition) is 2. The van der Waals surface area contributed by atoms with Crippen LogP contribution in [0, 0.1) is 0 Å². The molecule has 0 amide bonds. The SMILES string of the molecule is CC(N)/C=C/c1cccc2cnccc12. The second-order valence-corrected chi connectivity index (χ2v) is 3.66. The molecule has 2 N–H and O–H groups in total. The Morgan fingerprint density at radius 3 is 3.00 bits per heavy atom. The van der Waals surface area contributed by atoms with E-state index in [1.165, 1.54) is 10.9 Å². The van der Waals surface area contributed by atoms with E-state index in [4.69, 9.17) is 5.73 Å². The Kier molecular flexibility index (Phi) is 2.79. The van der Waals surface area contributed by atoms with Crippen LogP contribution in [0.5, 0.6) is 0 Å². The minimum Gasteiger partial charge on any atom is -0.325 e. The smallest absolute Gasteiger partial charge is 0.0346 e. The van der Waals surface area contributed by atoms with E-state index in [0.717, 1.165) is 5.39 Å². The predicted octanol–water partition coefficient (Wildman–Crippen LogP) is 2.60. The zero-order valence-corrected chi connectivity index (χ0v) is 8.72. The van der Waals surface area contributed by atoms with Crippen LogP contribution in [0.15, 0.2) is 42.7 Å². The van der Waals surface area contributed by atoms with Crippen LogP contribution in [-0.2, 0) is 0 Å². The molecule has 76 valence electrons. The van der Waals surface area contributed by atoms with E-state index in [0.29, 0.717) is 0 Å². The first kappa shape index (κ1) is 9.87. The summed E-state index contributed by atoms with van der Waals surface area (Å²) in [7, 11) is 0. The number of nitrogens with two attached hydrogens (primary N) is 1. The van der Waals surface area contributed by atoms with E-state index >= 15 is 0 Å². The lowest BCUT2D eigenvalue weighted by molar-refractivity contribution is 0.931. The first-order chi connectivity index (χ1) is 7.27. The lowest BCUT2D eigenvalue weighted by atomic mass is 10.1. The van der Waals surface area contributed by atoms with Crippen LogP contribution in [0.25, 0.3) is 16.8 Å². The van der Waals surface area contributed by atoms with Crippen LogP contribution < -0.4 is 5.73 Å². The summed E-state index contributed by atoms with van der Waals surface area (Å²) < 4.78 is 0. The van der Waals surface area contributed by atoms with Crippen LogP contribution in [0.2, 0.25) is 0 Å². The van der Waals surface area contributed by atoms with Crippen molar-refractivity contribution in [1.82, 2.24) is 4.98 Å². The van der Waals surface area contributed by atoms with Gasteiger partial charge in [-0.1, -0.05) is 30.4 Å². The lowest BCUT2D eigenvalue weighted by Crippen LogP contribution is -2.09. The van der Waals surface area contributed by atoms with Crippen LogP contribution in [0.4, 0.5) is 0 Å². The molecule has 1 aromatic heterocycles. The second kappa shape index (κ2) is 4.24. The third-order valence-electron chi connectivity index (χ3n) is 2.29. The highest BCUT2D eigenvalue weighted by atomic mass is 14.6. The van der Waals surface area contributed by atoms with Crippen molar-refractivity contribution in [3.63, 3.8) is 0 Å². The van der Waals surface area contributed by atoms with E-state index < -0.39 is 0 Å². The number of benzene rings is 1. The summed E-state index contributed by atoms with van der Waals surface area (Å²) in [5.41, 5.74) is 6.87. The third kappa shape index (κ3) is 2.22. The molecule has 2 rings (SSSR count). The number of hydrogen-bond donors (Lipinski definition) is 1. The minimum atomic E-state index is 0.0853. The molecule has 0 aliphatic heterocycles. The molecule has 0 spiro atoms. The average molecular weight is 198 g/mol. The van der Waals surface area contributed by atoms with Crippen molar-refractivity contribution in [1.29, 1.82) is 0 Å². The molecular weight excluding hydrogens is 184 g/mol. The highest BCUT2D eigenvalue weighted by Crippen LogP contribution is 2.18. The van der Waals surface area contributed by atoms with Gasteiger partial charge in [0.1, 0.15) is 0 Å². The molecule has 1 atom stereocenters. The topological polar surface area (TPSA) is 38.9 Å². The quantitative estimate of drug-likeness (QED) is 0.805. The molecule has 15 heavy (non-hydrogen) atoms. The van der Waals surface area contributed by atoms with Gasteiger partial charge in [-0.2, -0.15) is 0 Å².